The zero-order valence-electron chi connectivity index (χ0n) is 28.0. The molecule has 258 valence electrons. The summed E-state index contributed by atoms with van der Waals surface area (Å²) in [7, 11) is 1.61. The quantitative estimate of drug-likeness (QED) is 0.0794. The molecule has 0 radical (unpaired) electrons. The summed E-state index contributed by atoms with van der Waals surface area (Å²) in [5.41, 5.74) is 8.46. The van der Waals surface area contributed by atoms with E-state index in [0.29, 0.717) is 51.8 Å². The molecule has 0 aliphatic rings. The Labute approximate surface area is 309 Å². The van der Waals surface area contributed by atoms with Crippen LogP contribution in [0.3, 0.4) is 0 Å². The maximum Gasteiger partial charge on any atom is 0.271 e. The fourth-order valence-electron chi connectivity index (χ4n) is 5.01. The molecule has 0 fully saturated rings. The summed E-state index contributed by atoms with van der Waals surface area (Å²) in [6.45, 7) is 3.04. The van der Waals surface area contributed by atoms with Crippen molar-refractivity contribution < 1.29 is 23.7 Å². The molecule has 1 amide bonds. The Morgan fingerprint density at radius 1 is 0.824 bits per heavy atom. The van der Waals surface area contributed by atoms with E-state index in [0.717, 1.165) is 33.2 Å². The van der Waals surface area contributed by atoms with E-state index in [1.807, 2.05) is 115 Å². The third kappa shape index (κ3) is 9.53. The van der Waals surface area contributed by atoms with E-state index in [9.17, 15) is 4.79 Å². The van der Waals surface area contributed by atoms with Crippen LogP contribution in [0.4, 0.5) is 10.8 Å². The lowest BCUT2D eigenvalue weighted by Gasteiger charge is -2.16. The number of benzene rings is 5. The number of methoxy groups -OCH3 is 1. The minimum Gasteiger partial charge on any atom is -0.493 e. The van der Waals surface area contributed by atoms with Crippen LogP contribution in [0.15, 0.2) is 130 Å². The molecule has 0 saturated carbocycles. The number of carbonyl (C=O) groups is 1. The summed E-state index contributed by atoms with van der Waals surface area (Å²) in [4.78, 5) is 17.5. The van der Waals surface area contributed by atoms with E-state index >= 15 is 0 Å². The standard InChI is InChI=1S/C40H35BrN4O5S/c1-3-48-37-22-29(20-33(41)38(37)50-25-28-14-19-35(36(21-28)47-2)49-24-27-10-6-4-7-11-27)23-42-45-39(46)31-17-15-30(16-18-31)34-26-51-40(44-34)43-32-12-8-5-9-13-32/h4-23,26H,3,24-25H2,1-2H3,(H,43,44)(H,45,46)/b42-23+. The molecule has 0 spiro atoms. The van der Waals surface area contributed by atoms with Crippen LogP contribution in [0, 0.1) is 0 Å². The molecule has 0 unspecified atom stereocenters. The summed E-state index contributed by atoms with van der Waals surface area (Å²) in [6.07, 6.45) is 1.55. The summed E-state index contributed by atoms with van der Waals surface area (Å²) >= 11 is 5.14. The van der Waals surface area contributed by atoms with E-state index in [-0.39, 0.29) is 12.5 Å². The highest BCUT2D eigenvalue weighted by atomic mass is 79.9. The number of aromatic nitrogens is 1. The molecule has 0 saturated heterocycles. The van der Waals surface area contributed by atoms with Crippen molar-refractivity contribution in [2.45, 2.75) is 20.1 Å². The number of carbonyl (C=O) groups excluding carboxylic acids is 1. The third-order valence-corrected chi connectivity index (χ3v) is 8.88. The number of amides is 1. The zero-order valence-corrected chi connectivity index (χ0v) is 30.4. The first kappa shape index (κ1) is 35.2. The van der Waals surface area contributed by atoms with Crippen molar-refractivity contribution in [3.05, 3.63) is 147 Å². The van der Waals surface area contributed by atoms with Crippen molar-refractivity contribution in [3.8, 4) is 34.3 Å². The van der Waals surface area contributed by atoms with Crippen molar-refractivity contribution in [2.24, 2.45) is 5.10 Å². The van der Waals surface area contributed by atoms with Crippen LogP contribution in [0.5, 0.6) is 23.0 Å². The maximum absolute atomic E-state index is 12.8. The Hall–Kier alpha value is -5.65. The fourth-order valence-corrected chi connectivity index (χ4v) is 6.32. The third-order valence-electron chi connectivity index (χ3n) is 7.53. The average Bonchev–Trinajstić information content (AvgIpc) is 3.63. The number of rotatable bonds is 15. The molecule has 51 heavy (non-hydrogen) atoms. The van der Waals surface area contributed by atoms with Gasteiger partial charge in [0.2, 0.25) is 0 Å². The minimum absolute atomic E-state index is 0.268. The van der Waals surface area contributed by atoms with Gasteiger partial charge >= 0.3 is 0 Å². The smallest absolute Gasteiger partial charge is 0.271 e. The lowest BCUT2D eigenvalue weighted by molar-refractivity contribution is 0.0955. The Morgan fingerprint density at radius 2 is 1.57 bits per heavy atom. The maximum atomic E-state index is 12.8. The molecule has 9 nitrogen and oxygen atoms in total. The molecule has 0 aliphatic heterocycles. The first-order chi connectivity index (χ1) is 25.0. The molecule has 1 aromatic heterocycles. The number of hydrazone groups is 1. The van der Waals surface area contributed by atoms with Gasteiger partial charge in [0, 0.05) is 22.2 Å². The Balaban J connectivity index is 1.05. The summed E-state index contributed by atoms with van der Waals surface area (Å²) < 4.78 is 24.4. The van der Waals surface area contributed by atoms with Crippen LogP contribution in [-0.4, -0.2) is 30.8 Å². The van der Waals surface area contributed by atoms with Gasteiger partial charge in [-0.15, -0.1) is 11.3 Å². The second-order valence-corrected chi connectivity index (χ2v) is 12.8. The van der Waals surface area contributed by atoms with Crippen LogP contribution in [0.25, 0.3) is 11.3 Å². The van der Waals surface area contributed by atoms with Crippen molar-refractivity contribution >= 4 is 50.2 Å². The second kappa shape index (κ2) is 17.3. The number of nitrogens with zero attached hydrogens (tertiary/aromatic N) is 2. The van der Waals surface area contributed by atoms with Crippen molar-refractivity contribution in [1.29, 1.82) is 0 Å². The van der Waals surface area contributed by atoms with Gasteiger partial charge < -0.3 is 24.3 Å². The predicted octanol–water partition coefficient (Wildman–Crippen LogP) is 9.65. The first-order valence-electron chi connectivity index (χ1n) is 16.1. The minimum atomic E-state index is -0.335. The molecule has 5 aromatic carbocycles. The number of hydrogen-bond donors (Lipinski definition) is 2. The SMILES string of the molecule is CCOc1cc(/C=N/NC(=O)c2ccc(-c3csc(Nc4ccccc4)n3)cc2)cc(Br)c1OCc1ccc(OCc2ccccc2)c(OC)c1. The lowest BCUT2D eigenvalue weighted by atomic mass is 10.1. The van der Waals surface area contributed by atoms with Crippen LogP contribution in [-0.2, 0) is 13.2 Å². The summed E-state index contributed by atoms with van der Waals surface area (Å²) in [5, 5.41) is 10.3. The highest BCUT2D eigenvalue weighted by Crippen LogP contribution is 2.38. The van der Waals surface area contributed by atoms with Gasteiger partial charge in [-0.2, -0.15) is 5.10 Å². The van der Waals surface area contributed by atoms with Gasteiger partial charge in [0.25, 0.3) is 5.91 Å². The Morgan fingerprint density at radius 3 is 2.31 bits per heavy atom. The van der Waals surface area contributed by atoms with E-state index in [1.54, 1.807) is 25.5 Å². The Bertz CT molecular complexity index is 2090. The zero-order chi connectivity index (χ0) is 35.4. The van der Waals surface area contributed by atoms with Crippen molar-refractivity contribution in [2.75, 3.05) is 19.0 Å². The van der Waals surface area contributed by atoms with Crippen molar-refractivity contribution in [3.63, 3.8) is 0 Å². The van der Waals surface area contributed by atoms with Gasteiger partial charge in [-0.25, -0.2) is 10.4 Å². The molecule has 0 atom stereocenters. The molecule has 0 bridgehead atoms. The predicted molar refractivity (Wildman–Crippen MR) is 206 cm³/mol. The summed E-state index contributed by atoms with van der Waals surface area (Å²) in [5.74, 6) is 2.01. The van der Waals surface area contributed by atoms with Gasteiger partial charge in [0.15, 0.2) is 28.1 Å². The number of nitrogens with one attached hydrogen (secondary N) is 2. The number of ether oxygens (including phenoxy) is 4. The number of para-hydroxylation sites is 1. The normalized spacial score (nSPS) is 10.9. The highest BCUT2D eigenvalue weighted by molar-refractivity contribution is 9.10. The molecule has 1 heterocycles. The van der Waals surface area contributed by atoms with Gasteiger partial charge in [0.05, 0.1) is 30.1 Å². The Kier molecular flexibility index (Phi) is 12.0. The van der Waals surface area contributed by atoms with Gasteiger partial charge in [0.1, 0.15) is 13.2 Å². The number of hydrogen-bond acceptors (Lipinski definition) is 9. The molecule has 0 aliphatic carbocycles. The monoisotopic (exact) mass is 762 g/mol. The van der Waals surface area contributed by atoms with Gasteiger partial charge in [-0.1, -0.05) is 66.7 Å². The topological polar surface area (TPSA) is 103 Å². The molecule has 6 rings (SSSR count). The fraction of sp³-hybridized carbons (Fsp3) is 0.125. The molecular weight excluding hydrogens is 728 g/mol. The molecule has 2 N–H and O–H groups in total. The van der Waals surface area contributed by atoms with E-state index in [4.69, 9.17) is 18.9 Å². The van der Waals surface area contributed by atoms with Crippen LogP contribution >= 0.6 is 27.3 Å². The lowest BCUT2D eigenvalue weighted by Crippen LogP contribution is -2.17. The van der Waals surface area contributed by atoms with E-state index < -0.39 is 0 Å². The summed E-state index contributed by atoms with van der Waals surface area (Å²) in [6, 6.07) is 36.5. The van der Waals surface area contributed by atoms with Crippen LogP contribution in [0.2, 0.25) is 0 Å². The van der Waals surface area contributed by atoms with Crippen molar-refractivity contribution in [1.82, 2.24) is 10.4 Å². The number of halogens is 1. The molecular formula is C40H35BrN4O5S. The van der Waals surface area contributed by atoms with Crippen LogP contribution in [0.1, 0.15) is 34.0 Å². The largest absolute Gasteiger partial charge is 0.493 e. The average molecular weight is 764 g/mol. The van der Waals surface area contributed by atoms with Crippen LogP contribution < -0.4 is 29.7 Å². The van der Waals surface area contributed by atoms with Gasteiger partial charge in [-0.3, -0.25) is 4.79 Å². The number of thiazole rings is 1. The first-order valence-corrected chi connectivity index (χ1v) is 17.8. The number of anilines is 2. The van der Waals surface area contributed by atoms with E-state index in [1.165, 1.54) is 11.3 Å². The van der Waals surface area contributed by atoms with E-state index in [2.05, 4.69) is 36.8 Å². The second-order valence-electron chi connectivity index (χ2n) is 11.1. The van der Waals surface area contributed by atoms with Gasteiger partial charge in [-0.05, 0) is 88.1 Å². The highest BCUT2D eigenvalue weighted by Gasteiger charge is 2.14. The molecule has 11 heteroatoms. The molecule has 6 aromatic rings.